The van der Waals surface area contributed by atoms with Crippen molar-refractivity contribution in [2.24, 2.45) is 0 Å². The molecule has 0 aliphatic rings. The summed E-state index contributed by atoms with van der Waals surface area (Å²) in [5.41, 5.74) is 1.24. The Balaban J connectivity index is 2.58. The van der Waals surface area contributed by atoms with Crippen molar-refractivity contribution < 1.29 is 9.90 Å². The molecule has 0 unspecified atom stereocenters. The Hall–Kier alpha value is -1.94. The molecule has 2 aromatic carbocycles. The van der Waals surface area contributed by atoms with E-state index in [-0.39, 0.29) is 0 Å². The molecule has 0 spiro atoms. The van der Waals surface area contributed by atoms with Crippen molar-refractivity contribution in [3.63, 3.8) is 0 Å². The number of carbonyl (C=O) groups is 1. The first-order valence-electron chi connectivity index (χ1n) is 5.19. The van der Waals surface area contributed by atoms with E-state index in [4.69, 9.17) is 0 Å². The normalized spacial score (nSPS) is 11.1. The summed E-state index contributed by atoms with van der Waals surface area (Å²) in [5, 5.41) is 11.8. The minimum absolute atomic E-state index is 0.344. The molecule has 3 aromatic rings. The molecule has 84 valence electrons. The van der Waals surface area contributed by atoms with E-state index in [2.05, 4.69) is 4.98 Å². The molecule has 0 aliphatic heterocycles. The molecule has 3 nitrogen and oxygen atoms in total. The van der Waals surface area contributed by atoms with E-state index in [1.807, 2.05) is 31.2 Å². The van der Waals surface area contributed by atoms with Gasteiger partial charge in [0.1, 0.15) is 0 Å². The lowest BCUT2D eigenvalue weighted by Crippen LogP contribution is -1.97. The molecule has 1 aromatic heterocycles. The van der Waals surface area contributed by atoms with E-state index < -0.39 is 5.97 Å². The third-order valence-electron chi connectivity index (χ3n) is 2.74. The van der Waals surface area contributed by atoms with Crippen LogP contribution in [0, 0.1) is 6.92 Å². The molecular formula is C13H9NO2S. The Morgan fingerprint density at radius 1 is 1.29 bits per heavy atom. The van der Waals surface area contributed by atoms with Gasteiger partial charge in [-0.2, -0.15) is 0 Å². The maximum Gasteiger partial charge on any atom is 0.336 e. The lowest BCUT2D eigenvalue weighted by atomic mass is 10.0. The van der Waals surface area contributed by atoms with Crippen LogP contribution >= 0.6 is 11.3 Å². The zero-order valence-electron chi connectivity index (χ0n) is 9.10. The first-order chi connectivity index (χ1) is 8.16. The summed E-state index contributed by atoms with van der Waals surface area (Å²) in [7, 11) is 0. The molecule has 0 atom stereocenters. The lowest BCUT2D eigenvalue weighted by Gasteiger charge is -2.02. The van der Waals surface area contributed by atoms with Crippen LogP contribution in [-0.4, -0.2) is 16.1 Å². The molecular weight excluding hydrogens is 234 g/mol. The summed E-state index contributed by atoms with van der Waals surface area (Å²) in [6, 6.07) is 9.21. The van der Waals surface area contributed by atoms with Crippen LogP contribution in [0.3, 0.4) is 0 Å². The minimum atomic E-state index is -0.894. The van der Waals surface area contributed by atoms with Gasteiger partial charge in [0.2, 0.25) is 0 Å². The van der Waals surface area contributed by atoms with Gasteiger partial charge in [-0.15, -0.1) is 11.3 Å². The van der Waals surface area contributed by atoms with Gasteiger partial charge in [-0.05, 0) is 18.4 Å². The number of benzene rings is 2. The first kappa shape index (κ1) is 10.2. The van der Waals surface area contributed by atoms with Crippen LogP contribution < -0.4 is 0 Å². The Bertz CT molecular complexity index is 746. The number of hydrogen-bond acceptors (Lipinski definition) is 3. The second-order valence-corrected chi connectivity index (χ2v) is 5.09. The Morgan fingerprint density at radius 2 is 2.00 bits per heavy atom. The maximum absolute atomic E-state index is 11.2. The monoisotopic (exact) mass is 243 g/mol. The number of aromatic nitrogens is 1. The number of rotatable bonds is 1. The van der Waals surface area contributed by atoms with E-state index in [1.54, 1.807) is 6.07 Å². The molecule has 0 radical (unpaired) electrons. The second-order valence-electron chi connectivity index (χ2n) is 3.85. The van der Waals surface area contributed by atoms with Crippen molar-refractivity contribution in [1.29, 1.82) is 0 Å². The summed E-state index contributed by atoms with van der Waals surface area (Å²) in [6.45, 7) is 1.93. The van der Waals surface area contributed by atoms with Crippen molar-refractivity contribution in [3.05, 3.63) is 40.9 Å². The third kappa shape index (κ3) is 1.49. The molecule has 17 heavy (non-hydrogen) atoms. The lowest BCUT2D eigenvalue weighted by molar-refractivity contribution is 0.0699. The molecule has 0 bridgehead atoms. The standard InChI is InChI=1S/C13H9NO2S/c1-7-14-12-9-5-3-2-4-8(9)10(13(15)16)6-11(12)17-7/h2-6H,1H3,(H,15,16). The highest BCUT2D eigenvalue weighted by molar-refractivity contribution is 7.18. The van der Waals surface area contributed by atoms with Crippen LogP contribution in [-0.2, 0) is 0 Å². The van der Waals surface area contributed by atoms with E-state index in [0.29, 0.717) is 5.56 Å². The van der Waals surface area contributed by atoms with Gasteiger partial charge in [0.05, 0.1) is 20.8 Å². The van der Waals surface area contributed by atoms with E-state index >= 15 is 0 Å². The summed E-state index contributed by atoms with van der Waals surface area (Å²) >= 11 is 1.52. The third-order valence-corrected chi connectivity index (χ3v) is 3.66. The zero-order chi connectivity index (χ0) is 12.0. The van der Waals surface area contributed by atoms with Gasteiger partial charge in [-0.25, -0.2) is 9.78 Å². The number of aryl methyl sites for hydroxylation is 1. The Morgan fingerprint density at radius 3 is 2.71 bits per heavy atom. The zero-order valence-corrected chi connectivity index (χ0v) is 9.91. The van der Waals surface area contributed by atoms with Crippen molar-refractivity contribution in [2.75, 3.05) is 0 Å². The smallest absolute Gasteiger partial charge is 0.336 e. The SMILES string of the molecule is Cc1nc2c(cc(C(=O)O)c3ccccc32)s1. The van der Waals surface area contributed by atoms with Crippen LogP contribution in [0.15, 0.2) is 30.3 Å². The second kappa shape index (κ2) is 3.53. The highest BCUT2D eigenvalue weighted by Crippen LogP contribution is 2.31. The van der Waals surface area contributed by atoms with Crippen LogP contribution in [0.5, 0.6) is 0 Å². The molecule has 4 heteroatoms. The topological polar surface area (TPSA) is 50.2 Å². The van der Waals surface area contributed by atoms with Gasteiger partial charge in [0, 0.05) is 5.39 Å². The van der Waals surface area contributed by atoms with Gasteiger partial charge in [-0.1, -0.05) is 24.3 Å². The van der Waals surface area contributed by atoms with Gasteiger partial charge < -0.3 is 5.11 Å². The van der Waals surface area contributed by atoms with Gasteiger partial charge >= 0.3 is 5.97 Å². The average molecular weight is 243 g/mol. The van der Waals surface area contributed by atoms with Crippen LogP contribution in [0.4, 0.5) is 0 Å². The summed E-state index contributed by atoms with van der Waals surface area (Å²) in [4.78, 5) is 15.7. The predicted molar refractivity (Wildman–Crippen MR) is 68.8 cm³/mol. The van der Waals surface area contributed by atoms with Crippen molar-refractivity contribution in [2.45, 2.75) is 6.92 Å². The van der Waals surface area contributed by atoms with Gasteiger partial charge in [0.15, 0.2) is 0 Å². The van der Waals surface area contributed by atoms with Crippen molar-refractivity contribution >= 4 is 38.3 Å². The largest absolute Gasteiger partial charge is 0.478 e. The summed E-state index contributed by atoms with van der Waals surface area (Å²) < 4.78 is 0.929. The fourth-order valence-electron chi connectivity index (χ4n) is 2.04. The van der Waals surface area contributed by atoms with E-state index in [0.717, 1.165) is 26.0 Å². The quantitative estimate of drug-likeness (QED) is 0.712. The average Bonchev–Trinajstić information content (AvgIpc) is 2.68. The molecule has 0 aliphatic carbocycles. The predicted octanol–water partition coefficient (Wildman–Crippen LogP) is 3.46. The number of hydrogen-bond donors (Lipinski definition) is 1. The minimum Gasteiger partial charge on any atom is -0.478 e. The molecule has 0 fully saturated rings. The molecule has 1 N–H and O–H groups in total. The van der Waals surface area contributed by atoms with Gasteiger partial charge in [-0.3, -0.25) is 0 Å². The molecule has 0 saturated carbocycles. The van der Waals surface area contributed by atoms with E-state index in [9.17, 15) is 9.90 Å². The van der Waals surface area contributed by atoms with Crippen LogP contribution in [0.25, 0.3) is 21.0 Å². The molecule has 0 saturated heterocycles. The van der Waals surface area contributed by atoms with E-state index in [1.165, 1.54) is 11.3 Å². The fraction of sp³-hybridized carbons (Fsp3) is 0.0769. The summed E-state index contributed by atoms with van der Waals surface area (Å²) in [5.74, 6) is -0.894. The number of fused-ring (bicyclic) bond motifs is 3. The van der Waals surface area contributed by atoms with Crippen LogP contribution in [0.2, 0.25) is 0 Å². The number of aromatic carboxylic acids is 1. The number of carboxylic acids is 1. The van der Waals surface area contributed by atoms with Crippen molar-refractivity contribution in [1.82, 2.24) is 4.98 Å². The van der Waals surface area contributed by atoms with Crippen LogP contribution in [0.1, 0.15) is 15.4 Å². The fourth-order valence-corrected chi connectivity index (χ4v) is 2.93. The first-order valence-corrected chi connectivity index (χ1v) is 6.00. The maximum atomic E-state index is 11.2. The highest BCUT2D eigenvalue weighted by atomic mass is 32.1. The Labute approximate surface area is 101 Å². The number of thiazole rings is 1. The Kier molecular flexibility index (Phi) is 2.12. The van der Waals surface area contributed by atoms with Crippen molar-refractivity contribution in [3.8, 4) is 0 Å². The molecule has 3 rings (SSSR count). The molecule has 1 heterocycles. The van der Waals surface area contributed by atoms with Gasteiger partial charge in [0.25, 0.3) is 0 Å². The number of carboxylic acid groups (broad SMARTS) is 1. The highest BCUT2D eigenvalue weighted by Gasteiger charge is 2.13. The summed E-state index contributed by atoms with van der Waals surface area (Å²) in [6.07, 6.45) is 0. The number of nitrogens with zero attached hydrogens (tertiary/aromatic N) is 1. The molecule has 0 amide bonds.